The average Bonchev–Trinajstić information content (AvgIpc) is 3.06. The SMILES string of the molecule is COc1cncc(Cc2c[nH]c3ncc(C)cc23)c1Cc1ccc(Cl)nc1. The predicted octanol–water partition coefficient (Wildman–Crippen LogP) is 4.50. The molecular formula is C21H19ClN4O. The van der Waals surface area contributed by atoms with E-state index in [9.17, 15) is 0 Å². The molecule has 0 aliphatic carbocycles. The van der Waals surface area contributed by atoms with E-state index >= 15 is 0 Å². The Hall–Kier alpha value is -2.92. The summed E-state index contributed by atoms with van der Waals surface area (Å²) in [7, 11) is 1.67. The van der Waals surface area contributed by atoms with Crippen LogP contribution in [0.5, 0.6) is 5.75 Å². The van der Waals surface area contributed by atoms with Crippen LogP contribution in [0, 0.1) is 6.92 Å². The van der Waals surface area contributed by atoms with Gasteiger partial charge in [-0.25, -0.2) is 9.97 Å². The molecule has 0 bridgehead atoms. The zero-order valence-electron chi connectivity index (χ0n) is 15.2. The molecular weight excluding hydrogens is 360 g/mol. The minimum Gasteiger partial charge on any atom is -0.495 e. The topological polar surface area (TPSA) is 63.7 Å². The minimum atomic E-state index is 0.488. The lowest BCUT2D eigenvalue weighted by Gasteiger charge is -2.13. The molecule has 1 N–H and O–H groups in total. The number of nitrogens with zero attached hydrogens (tertiary/aromatic N) is 3. The molecule has 27 heavy (non-hydrogen) atoms. The highest BCUT2D eigenvalue weighted by molar-refractivity contribution is 6.29. The normalized spacial score (nSPS) is 11.1. The molecule has 136 valence electrons. The van der Waals surface area contributed by atoms with Crippen molar-refractivity contribution in [3.05, 3.63) is 82.2 Å². The number of methoxy groups -OCH3 is 1. The molecule has 0 fully saturated rings. The molecule has 4 aromatic rings. The lowest BCUT2D eigenvalue weighted by atomic mass is 9.96. The number of ether oxygens (including phenoxy) is 1. The summed E-state index contributed by atoms with van der Waals surface area (Å²) in [6.45, 7) is 2.05. The van der Waals surface area contributed by atoms with Gasteiger partial charge in [0, 0.05) is 48.6 Å². The van der Waals surface area contributed by atoms with Crippen LogP contribution in [0.2, 0.25) is 5.15 Å². The van der Waals surface area contributed by atoms with Gasteiger partial charge in [0.1, 0.15) is 16.5 Å². The van der Waals surface area contributed by atoms with Crippen molar-refractivity contribution in [1.29, 1.82) is 0 Å². The van der Waals surface area contributed by atoms with E-state index in [-0.39, 0.29) is 0 Å². The number of rotatable bonds is 5. The Labute approximate surface area is 162 Å². The molecule has 0 spiro atoms. The van der Waals surface area contributed by atoms with Gasteiger partial charge in [0.25, 0.3) is 0 Å². The standard InChI is InChI=1S/C21H19ClN4O/c1-13-5-18-16(11-26-21(18)25-8-13)7-15-10-23-12-19(27-2)17(15)6-14-3-4-20(22)24-9-14/h3-5,8-12H,6-7H2,1-2H3,(H,25,26). The lowest BCUT2D eigenvalue weighted by molar-refractivity contribution is 0.408. The number of nitrogens with one attached hydrogen (secondary N) is 1. The molecule has 0 amide bonds. The number of hydrogen-bond donors (Lipinski definition) is 1. The first-order valence-electron chi connectivity index (χ1n) is 8.67. The molecule has 4 rings (SSSR count). The minimum absolute atomic E-state index is 0.488. The summed E-state index contributed by atoms with van der Waals surface area (Å²) in [5.74, 6) is 0.775. The van der Waals surface area contributed by atoms with Gasteiger partial charge in [0.15, 0.2) is 0 Å². The van der Waals surface area contributed by atoms with Crippen molar-refractivity contribution >= 4 is 22.6 Å². The Morgan fingerprint density at radius 2 is 1.93 bits per heavy atom. The van der Waals surface area contributed by atoms with Crippen molar-refractivity contribution < 1.29 is 4.74 Å². The number of hydrogen-bond acceptors (Lipinski definition) is 4. The van der Waals surface area contributed by atoms with E-state index in [4.69, 9.17) is 16.3 Å². The van der Waals surface area contributed by atoms with Crippen LogP contribution in [-0.4, -0.2) is 27.0 Å². The summed E-state index contributed by atoms with van der Waals surface area (Å²) >= 11 is 5.91. The van der Waals surface area contributed by atoms with E-state index < -0.39 is 0 Å². The van der Waals surface area contributed by atoms with Crippen molar-refractivity contribution in [3.63, 3.8) is 0 Å². The first-order valence-corrected chi connectivity index (χ1v) is 9.04. The molecule has 0 saturated carbocycles. The maximum absolute atomic E-state index is 5.91. The largest absolute Gasteiger partial charge is 0.495 e. The van der Waals surface area contributed by atoms with Crippen LogP contribution in [-0.2, 0) is 12.8 Å². The smallest absolute Gasteiger partial charge is 0.140 e. The molecule has 0 unspecified atom stereocenters. The second-order valence-corrected chi connectivity index (χ2v) is 6.93. The molecule has 0 aliphatic heterocycles. The highest BCUT2D eigenvalue weighted by Gasteiger charge is 2.14. The van der Waals surface area contributed by atoms with Gasteiger partial charge in [-0.2, -0.15) is 0 Å². The second-order valence-electron chi connectivity index (χ2n) is 6.54. The van der Waals surface area contributed by atoms with Crippen LogP contribution in [0.4, 0.5) is 0 Å². The van der Waals surface area contributed by atoms with Gasteiger partial charge in [-0.1, -0.05) is 17.7 Å². The molecule has 0 radical (unpaired) electrons. The summed E-state index contributed by atoms with van der Waals surface area (Å²) < 4.78 is 5.58. The van der Waals surface area contributed by atoms with Crippen molar-refractivity contribution in [3.8, 4) is 5.75 Å². The monoisotopic (exact) mass is 378 g/mol. The Morgan fingerprint density at radius 3 is 2.70 bits per heavy atom. The maximum Gasteiger partial charge on any atom is 0.140 e. The van der Waals surface area contributed by atoms with Crippen LogP contribution in [0.3, 0.4) is 0 Å². The number of pyridine rings is 3. The number of fused-ring (bicyclic) bond motifs is 1. The van der Waals surface area contributed by atoms with Crippen molar-refractivity contribution in [1.82, 2.24) is 19.9 Å². The third kappa shape index (κ3) is 3.64. The predicted molar refractivity (Wildman–Crippen MR) is 106 cm³/mol. The van der Waals surface area contributed by atoms with Gasteiger partial charge >= 0.3 is 0 Å². The quantitative estimate of drug-likeness (QED) is 0.519. The van der Waals surface area contributed by atoms with Crippen LogP contribution >= 0.6 is 11.6 Å². The molecule has 6 heteroatoms. The van der Waals surface area contributed by atoms with Gasteiger partial charge < -0.3 is 9.72 Å². The van der Waals surface area contributed by atoms with E-state index in [1.165, 1.54) is 5.56 Å². The average molecular weight is 379 g/mol. The Balaban J connectivity index is 1.73. The maximum atomic E-state index is 5.91. The van der Waals surface area contributed by atoms with Crippen LogP contribution < -0.4 is 4.74 Å². The van der Waals surface area contributed by atoms with Crippen LogP contribution in [0.25, 0.3) is 11.0 Å². The van der Waals surface area contributed by atoms with Crippen molar-refractivity contribution in [2.45, 2.75) is 19.8 Å². The molecule has 4 aromatic heterocycles. The van der Waals surface area contributed by atoms with Crippen LogP contribution in [0.15, 0.2) is 49.2 Å². The fourth-order valence-electron chi connectivity index (χ4n) is 3.27. The number of aryl methyl sites for hydroxylation is 1. The van der Waals surface area contributed by atoms with Crippen molar-refractivity contribution in [2.75, 3.05) is 7.11 Å². The Kier molecular flexibility index (Phi) is 4.77. The molecule has 0 aromatic carbocycles. The molecule has 5 nitrogen and oxygen atoms in total. The van der Waals surface area contributed by atoms with Gasteiger partial charge in [0.2, 0.25) is 0 Å². The van der Waals surface area contributed by atoms with Crippen molar-refractivity contribution in [2.24, 2.45) is 0 Å². The van der Waals surface area contributed by atoms with Gasteiger partial charge in [-0.3, -0.25) is 4.98 Å². The Bertz CT molecular complexity index is 1090. The second kappa shape index (κ2) is 7.37. The van der Waals surface area contributed by atoms with Gasteiger partial charge in [-0.05, 0) is 41.3 Å². The third-order valence-electron chi connectivity index (χ3n) is 4.63. The zero-order chi connectivity index (χ0) is 18.8. The summed E-state index contributed by atoms with van der Waals surface area (Å²) in [5, 5.41) is 1.62. The number of H-pyrrole nitrogens is 1. The fourth-order valence-corrected chi connectivity index (χ4v) is 3.38. The van der Waals surface area contributed by atoms with E-state index in [0.29, 0.717) is 11.6 Å². The summed E-state index contributed by atoms with van der Waals surface area (Å²) in [6.07, 6.45) is 10.8. The van der Waals surface area contributed by atoms with Crippen LogP contribution in [0.1, 0.15) is 27.8 Å². The number of halogens is 1. The summed E-state index contributed by atoms with van der Waals surface area (Å²) in [5.41, 5.74) is 6.51. The summed E-state index contributed by atoms with van der Waals surface area (Å²) in [6, 6.07) is 5.95. The number of aromatic nitrogens is 4. The van der Waals surface area contributed by atoms with E-state index in [1.807, 2.05) is 24.7 Å². The molecule has 0 saturated heterocycles. The first kappa shape index (κ1) is 17.5. The molecule has 4 heterocycles. The highest BCUT2D eigenvalue weighted by atomic mass is 35.5. The third-order valence-corrected chi connectivity index (χ3v) is 4.85. The first-order chi connectivity index (χ1) is 13.1. The Morgan fingerprint density at radius 1 is 1.04 bits per heavy atom. The highest BCUT2D eigenvalue weighted by Crippen LogP contribution is 2.28. The lowest BCUT2D eigenvalue weighted by Crippen LogP contribution is -2.02. The van der Waals surface area contributed by atoms with E-state index in [1.54, 1.807) is 25.6 Å². The molecule has 0 aliphatic rings. The molecule has 0 atom stereocenters. The summed E-state index contributed by atoms with van der Waals surface area (Å²) in [4.78, 5) is 16.3. The fraction of sp³-hybridized carbons (Fsp3) is 0.190. The zero-order valence-corrected chi connectivity index (χ0v) is 15.9. The van der Waals surface area contributed by atoms with Gasteiger partial charge in [-0.15, -0.1) is 0 Å². The number of aromatic amines is 1. The van der Waals surface area contributed by atoms with E-state index in [2.05, 4.69) is 32.9 Å². The van der Waals surface area contributed by atoms with E-state index in [0.717, 1.165) is 45.5 Å². The van der Waals surface area contributed by atoms with Gasteiger partial charge in [0.05, 0.1) is 13.3 Å².